The van der Waals surface area contributed by atoms with E-state index in [0.29, 0.717) is 31.0 Å². The number of fused-ring (bicyclic) bond motifs is 1. The largest absolute Gasteiger partial charge is 0.431 e. The van der Waals surface area contributed by atoms with Gasteiger partial charge < -0.3 is 15.0 Å². The number of carbonyl (C=O) groups excluding carboxylic acids is 2. The minimum Gasteiger partial charge on any atom is -0.431 e. The molecule has 0 radical (unpaired) electrons. The highest BCUT2D eigenvalue weighted by Gasteiger charge is 2.33. The first-order valence-electron chi connectivity index (χ1n) is 8.48. The number of benzene rings is 1. The molecular weight excluding hydrogens is 346 g/mol. The molecule has 0 bridgehead atoms. The van der Waals surface area contributed by atoms with Crippen molar-refractivity contribution in [3.05, 3.63) is 72.4 Å². The summed E-state index contributed by atoms with van der Waals surface area (Å²) in [5.41, 5.74) is 1.89. The second kappa shape index (κ2) is 7.28. The number of pyridine rings is 1. The Morgan fingerprint density at radius 3 is 2.78 bits per heavy atom. The molecule has 136 valence electrons. The van der Waals surface area contributed by atoms with Gasteiger partial charge in [0.15, 0.2) is 0 Å². The van der Waals surface area contributed by atoms with Gasteiger partial charge in [-0.1, -0.05) is 30.3 Å². The van der Waals surface area contributed by atoms with Crippen molar-refractivity contribution in [3.63, 3.8) is 0 Å². The van der Waals surface area contributed by atoms with Crippen LogP contribution < -0.4 is 5.32 Å². The van der Waals surface area contributed by atoms with Gasteiger partial charge >= 0.3 is 12.1 Å². The lowest BCUT2D eigenvalue weighted by Crippen LogP contribution is -2.36. The van der Waals surface area contributed by atoms with Crippen molar-refractivity contribution in [2.24, 2.45) is 4.99 Å². The molecule has 1 N–H and O–H groups in total. The van der Waals surface area contributed by atoms with Crippen LogP contribution in [-0.2, 0) is 16.1 Å². The van der Waals surface area contributed by atoms with Crippen molar-refractivity contribution in [1.29, 1.82) is 0 Å². The van der Waals surface area contributed by atoms with Crippen LogP contribution in [0.25, 0.3) is 0 Å². The van der Waals surface area contributed by atoms with Gasteiger partial charge in [-0.15, -0.1) is 4.99 Å². The third-order valence-electron chi connectivity index (χ3n) is 4.22. The molecule has 0 atom stereocenters. The average molecular weight is 363 g/mol. The number of ether oxygens (including phenoxy) is 1. The Hall–Kier alpha value is -3.68. The first kappa shape index (κ1) is 16.8. The molecule has 27 heavy (non-hydrogen) atoms. The molecule has 1 aromatic heterocycles. The van der Waals surface area contributed by atoms with Gasteiger partial charge in [0.2, 0.25) is 0 Å². The molecule has 1 aromatic carbocycles. The number of aliphatic imine (C=N–C) groups is 1. The van der Waals surface area contributed by atoms with Crippen LogP contribution in [0.3, 0.4) is 0 Å². The van der Waals surface area contributed by atoms with Crippen LogP contribution in [0.2, 0.25) is 0 Å². The Kier molecular flexibility index (Phi) is 4.52. The fourth-order valence-corrected chi connectivity index (χ4v) is 2.87. The topological polar surface area (TPSA) is 87.1 Å². The van der Waals surface area contributed by atoms with E-state index < -0.39 is 6.03 Å². The van der Waals surface area contributed by atoms with Crippen molar-refractivity contribution in [2.75, 3.05) is 18.4 Å². The average Bonchev–Trinajstić information content (AvgIpc) is 3.02. The molecule has 3 heterocycles. The number of aromatic nitrogens is 1. The predicted octanol–water partition coefficient (Wildman–Crippen LogP) is 2.19. The highest BCUT2D eigenvalue weighted by Crippen LogP contribution is 2.21. The minimum absolute atomic E-state index is 0.117. The number of urea groups is 1. The van der Waals surface area contributed by atoms with E-state index in [4.69, 9.17) is 4.74 Å². The maximum atomic E-state index is 12.6. The predicted molar refractivity (Wildman–Crippen MR) is 98.4 cm³/mol. The van der Waals surface area contributed by atoms with E-state index in [1.807, 2.05) is 30.3 Å². The Bertz CT molecular complexity index is 911. The number of amides is 3. The molecule has 2 aliphatic rings. The summed E-state index contributed by atoms with van der Waals surface area (Å²) in [6.07, 6.45) is 4.49. The number of amidine groups is 1. The molecule has 0 fully saturated rings. The highest BCUT2D eigenvalue weighted by molar-refractivity contribution is 6.07. The van der Waals surface area contributed by atoms with Crippen LogP contribution in [-0.4, -0.2) is 45.8 Å². The van der Waals surface area contributed by atoms with E-state index in [9.17, 15) is 9.59 Å². The van der Waals surface area contributed by atoms with Crippen molar-refractivity contribution in [1.82, 2.24) is 14.8 Å². The van der Waals surface area contributed by atoms with Gasteiger partial charge in [-0.2, -0.15) is 0 Å². The molecule has 8 nitrogen and oxygen atoms in total. The maximum Gasteiger partial charge on any atom is 0.348 e. The van der Waals surface area contributed by atoms with E-state index in [0.717, 1.165) is 5.56 Å². The summed E-state index contributed by atoms with van der Waals surface area (Å²) in [7, 11) is 0. The summed E-state index contributed by atoms with van der Waals surface area (Å²) in [5, 5.41) is 2.75. The number of anilines is 1. The Labute approximate surface area is 155 Å². The molecule has 0 aliphatic carbocycles. The van der Waals surface area contributed by atoms with Gasteiger partial charge in [0.25, 0.3) is 5.91 Å². The third kappa shape index (κ3) is 3.64. The summed E-state index contributed by atoms with van der Waals surface area (Å²) >= 11 is 0. The molecule has 0 unspecified atom stereocenters. The number of rotatable bonds is 4. The zero-order valence-corrected chi connectivity index (χ0v) is 14.4. The monoisotopic (exact) mass is 363 g/mol. The summed E-state index contributed by atoms with van der Waals surface area (Å²) in [4.78, 5) is 36.2. The number of nitrogens with one attached hydrogen (secondary N) is 1. The first-order chi connectivity index (χ1) is 13.2. The van der Waals surface area contributed by atoms with E-state index in [1.54, 1.807) is 34.3 Å². The standard InChI is InChI=1S/C19H17N5O3/c25-17(21-15-7-4-8-20-11-15)16-13-27-19-22-18(26)23(9-10-24(16)19)12-14-5-2-1-3-6-14/h1-8,11,13H,9-10,12H2,(H,21,25). The molecule has 0 saturated heterocycles. The van der Waals surface area contributed by atoms with Gasteiger partial charge in [0.05, 0.1) is 11.9 Å². The van der Waals surface area contributed by atoms with Crippen molar-refractivity contribution in [3.8, 4) is 0 Å². The molecule has 4 rings (SSSR count). The lowest BCUT2D eigenvalue weighted by molar-refractivity contribution is -0.113. The third-order valence-corrected chi connectivity index (χ3v) is 4.22. The van der Waals surface area contributed by atoms with Crippen molar-refractivity contribution < 1.29 is 14.3 Å². The fourth-order valence-electron chi connectivity index (χ4n) is 2.87. The van der Waals surface area contributed by atoms with Gasteiger partial charge in [-0.25, -0.2) is 4.79 Å². The normalized spacial score (nSPS) is 16.1. The summed E-state index contributed by atoms with van der Waals surface area (Å²) < 4.78 is 5.37. The second-order valence-corrected chi connectivity index (χ2v) is 6.05. The molecule has 8 heteroatoms. The van der Waals surface area contributed by atoms with E-state index in [1.165, 1.54) is 6.26 Å². The number of hydrogen-bond donors (Lipinski definition) is 1. The van der Waals surface area contributed by atoms with Gasteiger partial charge in [-0.05, 0) is 17.7 Å². The highest BCUT2D eigenvalue weighted by atomic mass is 16.5. The second-order valence-electron chi connectivity index (χ2n) is 6.05. The zero-order chi connectivity index (χ0) is 18.6. The Morgan fingerprint density at radius 1 is 1.15 bits per heavy atom. The van der Waals surface area contributed by atoms with Crippen LogP contribution in [0.4, 0.5) is 10.5 Å². The van der Waals surface area contributed by atoms with Gasteiger partial charge in [-0.3, -0.25) is 14.7 Å². The van der Waals surface area contributed by atoms with Crippen LogP contribution >= 0.6 is 0 Å². The lowest BCUT2D eigenvalue weighted by Gasteiger charge is -2.21. The molecule has 2 aliphatic heterocycles. The summed E-state index contributed by atoms with van der Waals surface area (Å²) in [6, 6.07) is 12.9. The van der Waals surface area contributed by atoms with Crippen LogP contribution in [0.15, 0.2) is 71.8 Å². The fraction of sp³-hybridized carbons (Fsp3) is 0.158. The first-order valence-corrected chi connectivity index (χ1v) is 8.48. The van der Waals surface area contributed by atoms with E-state index in [2.05, 4.69) is 15.3 Å². The van der Waals surface area contributed by atoms with Crippen molar-refractivity contribution >= 4 is 23.6 Å². The Balaban J connectivity index is 1.46. The quantitative estimate of drug-likeness (QED) is 0.900. The lowest BCUT2D eigenvalue weighted by atomic mass is 10.2. The van der Waals surface area contributed by atoms with Crippen molar-refractivity contribution in [2.45, 2.75) is 6.54 Å². The molecular formula is C19H17N5O3. The van der Waals surface area contributed by atoms with E-state index in [-0.39, 0.29) is 11.9 Å². The SMILES string of the molecule is O=C(Nc1cccnc1)C1=COC2=NC(=O)N(Cc3ccccc3)CCN12. The van der Waals surface area contributed by atoms with E-state index >= 15 is 0 Å². The van der Waals surface area contributed by atoms with Crippen LogP contribution in [0.5, 0.6) is 0 Å². The van der Waals surface area contributed by atoms with Gasteiger partial charge in [0.1, 0.15) is 12.0 Å². The molecule has 0 spiro atoms. The summed E-state index contributed by atoms with van der Waals surface area (Å²) in [5.74, 6) is -0.350. The Morgan fingerprint density at radius 2 is 2.00 bits per heavy atom. The van der Waals surface area contributed by atoms with Crippen LogP contribution in [0.1, 0.15) is 5.56 Å². The number of carbonyl (C=O) groups is 2. The number of nitrogens with zero attached hydrogens (tertiary/aromatic N) is 4. The van der Waals surface area contributed by atoms with Gasteiger partial charge in [0, 0.05) is 25.8 Å². The van der Waals surface area contributed by atoms with Crippen LogP contribution in [0, 0.1) is 0 Å². The molecule has 0 saturated carbocycles. The minimum atomic E-state index is -0.390. The zero-order valence-electron chi connectivity index (χ0n) is 14.4. The molecule has 2 aromatic rings. The maximum absolute atomic E-state index is 12.6. The summed E-state index contributed by atoms with van der Waals surface area (Å²) in [6.45, 7) is 1.27. The molecule has 3 amide bonds. The number of hydrogen-bond acceptors (Lipinski definition) is 5. The smallest absolute Gasteiger partial charge is 0.348 e.